The molecule has 170 valence electrons. The van der Waals surface area contributed by atoms with E-state index in [4.69, 9.17) is 0 Å². The highest BCUT2D eigenvalue weighted by molar-refractivity contribution is 5.41. The second kappa shape index (κ2) is 8.23. The summed E-state index contributed by atoms with van der Waals surface area (Å²) in [6.07, 6.45) is 1.18. The smallest absolute Gasteiger partial charge is 0.0940 e. The molecule has 0 saturated heterocycles. The standard InChI is InChI=1S/C32H30O2/c33-31(25-17-9-3-10-18-25)21-27(23-13-5-1-6-14-23)29-30(31)28(24-15-7-2-8-16-24)22-32(29,34)26-19-11-4-12-20-26/h1-20,27-30,33-34H,21-22H2/t27-,28-,29-,30-,31-,32-/m1/s1. The first-order chi connectivity index (χ1) is 16.6. The molecule has 34 heavy (non-hydrogen) atoms. The maximum Gasteiger partial charge on any atom is 0.0940 e. The van der Waals surface area contributed by atoms with Crippen LogP contribution in [0, 0.1) is 11.8 Å². The lowest BCUT2D eigenvalue weighted by molar-refractivity contribution is -0.0390. The van der Waals surface area contributed by atoms with Crippen LogP contribution in [0.25, 0.3) is 0 Å². The van der Waals surface area contributed by atoms with Crippen molar-refractivity contribution in [1.82, 2.24) is 0 Å². The Labute approximate surface area is 201 Å². The van der Waals surface area contributed by atoms with Gasteiger partial charge in [0.1, 0.15) is 0 Å². The van der Waals surface area contributed by atoms with E-state index in [0.717, 1.165) is 11.1 Å². The quantitative estimate of drug-likeness (QED) is 0.382. The van der Waals surface area contributed by atoms with Gasteiger partial charge < -0.3 is 10.2 Å². The molecule has 0 radical (unpaired) electrons. The first-order valence-corrected chi connectivity index (χ1v) is 12.3. The second-order valence-corrected chi connectivity index (χ2v) is 10.1. The molecule has 0 heterocycles. The molecular weight excluding hydrogens is 416 g/mol. The van der Waals surface area contributed by atoms with Crippen molar-refractivity contribution in [2.45, 2.75) is 35.9 Å². The molecule has 2 fully saturated rings. The van der Waals surface area contributed by atoms with E-state index in [9.17, 15) is 10.2 Å². The van der Waals surface area contributed by atoms with Gasteiger partial charge in [0, 0.05) is 11.8 Å². The van der Waals surface area contributed by atoms with Crippen LogP contribution >= 0.6 is 0 Å². The fourth-order valence-corrected chi connectivity index (χ4v) is 7.08. The van der Waals surface area contributed by atoms with Gasteiger partial charge in [-0.1, -0.05) is 121 Å². The molecule has 4 aromatic rings. The zero-order valence-corrected chi connectivity index (χ0v) is 19.2. The SMILES string of the molecule is O[C@@]1(c2ccccc2)C[C@H](c2ccccc2)[C@@H]2[C@H]1[C@@H](c1ccccc1)C[C@@]2(O)c1ccccc1. The zero-order valence-electron chi connectivity index (χ0n) is 19.2. The first-order valence-electron chi connectivity index (χ1n) is 12.3. The van der Waals surface area contributed by atoms with Crippen molar-refractivity contribution in [2.24, 2.45) is 11.8 Å². The van der Waals surface area contributed by atoms with E-state index in [0.29, 0.717) is 12.8 Å². The van der Waals surface area contributed by atoms with Crippen molar-refractivity contribution in [1.29, 1.82) is 0 Å². The van der Waals surface area contributed by atoms with Gasteiger partial charge in [0.05, 0.1) is 11.2 Å². The number of rotatable bonds is 4. The molecule has 6 rings (SSSR count). The van der Waals surface area contributed by atoms with Crippen LogP contribution in [0.4, 0.5) is 0 Å². The molecular formula is C32H30O2. The van der Waals surface area contributed by atoms with Gasteiger partial charge in [0.15, 0.2) is 0 Å². The van der Waals surface area contributed by atoms with Crippen LogP contribution in [0.1, 0.15) is 46.9 Å². The second-order valence-electron chi connectivity index (χ2n) is 10.1. The lowest BCUT2D eigenvalue weighted by atomic mass is 9.73. The van der Waals surface area contributed by atoms with Gasteiger partial charge in [-0.15, -0.1) is 0 Å². The lowest BCUT2D eigenvalue weighted by Crippen LogP contribution is -2.37. The highest BCUT2D eigenvalue weighted by Crippen LogP contribution is 2.69. The Morgan fingerprint density at radius 1 is 0.441 bits per heavy atom. The predicted molar refractivity (Wildman–Crippen MR) is 135 cm³/mol. The third-order valence-corrected chi connectivity index (χ3v) is 8.42. The lowest BCUT2D eigenvalue weighted by Gasteiger charge is -2.35. The van der Waals surface area contributed by atoms with E-state index in [1.54, 1.807) is 0 Å². The molecule has 0 amide bonds. The first kappa shape index (κ1) is 21.3. The van der Waals surface area contributed by atoms with Crippen molar-refractivity contribution in [3.63, 3.8) is 0 Å². The summed E-state index contributed by atoms with van der Waals surface area (Å²) in [6.45, 7) is 0. The van der Waals surface area contributed by atoms with Gasteiger partial charge in [0.25, 0.3) is 0 Å². The van der Waals surface area contributed by atoms with E-state index in [-0.39, 0.29) is 23.7 Å². The van der Waals surface area contributed by atoms with Crippen LogP contribution in [0.2, 0.25) is 0 Å². The number of fused-ring (bicyclic) bond motifs is 1. The maximum absolute atomic E-state index is 12.6. The maximum atomic E-state index is 12.6. The molecule has 0 unspecified atom stereocenters. The van der Waals surface area contributed by atoms with Crippen LogP contribution in [-0.2, 0) is 11.2 Å². The molecule has 0 spiro atoms. The Hall–Kier alpha value is -3.20. The Morgan fingerprint density at radius 2 is 0.735 bits per heavy atom. The van der Waals surface area contributed by atoms with E-state index in [1.807, 2.05) is 72.8 Å². The van der Waals surface area contributed by atoms with Crippen molar-refractivity contribution in [2.75, 3.05) is 0 Å². The van der Waals surface area contributed by atoms with Gasteiger partial charge in [0.2, 0.25) is 0 Å². The highest BCUT2D eigenvalue weighted by atomic mass is 16.3. The minimum Gasteiger partial charge on any atom is -0.385 e. The van der Waals surface area contributed by atoms with Gasteiger partial charge in [-0.3, -0.25) is 0 Å². The summed E-state index contributed by atoms with van der Waals surface area (Å²) in [7, 11) is 0. The van der Waals surface area contributed by atoms with Crippen LogP contribution in [0.3, 0.4) is 0 Å². The summed E-state index contributed by atoms with van der Waals surface area (Å²) in [5, 5.41) is 25.1. The average Bonchev–Trinajstić information content (AvgIpc) is 3.41. The molecule has 6 atom stereocenters. The molecule has 2 N–H and O–H groups in total. The molecule has 2 aliphatic rings. The van der Waals surface area contributed by atoms with E-state index in [1.165, 1.54) is 11.1 Å². The topological polar surface area (TPSA) is 40.5 Å². The summed E-state index contributed by atoms with van der Waals surface area (Å²) in [4.78, 5) is 0. The normalized spacial score (nSPS) is 32.4. The number of benzene rings is 4. The molecule has 2 nitrogen and oxygen atoms in total. The van der Waals surface area contributed by atoms with Crippen LogP contribution in [0.5, 0.6) is 0 Å². The van der Waals surface area contributed by atoms with Crippen molar-refractivity contribution in [3.8, 4) is 0 Å². The van der Waals surface area contributed by atoms with Crippen LogP contribution < -0.4 is 0 Å². The minimum atomic E-state index is -1.04. The third-order valence-electron chi connectivity index (χ3n) is 8.42. The van der Waals surface area contributed by atoms with E-state index < -0.39 is 11.2 Å². The summed E-state index contributed by atoms with van der Waals surface area (Å²) in [5.41, 5.74) is 2.20. The van der Waals surface area contributed by atoms with E-state index in [2.05, 4.69) is 48.5 Å². The summed E-state index contributed by atoms with van der Waals surface area (Å²) >= 11 is 0. The Bertz CT molecular complexity index is 1140. The summed E-state index contributed by atoms with van der Waals surface area (Å²) in [6, 6.07) is 41.2. The molecule has 0 aliphatic heterocycles. The van der Waals surface area contributed by atoms with Crippen LogP contribution in [0.15, 0.2) is 121 Å². The number of hydrogen-bond donors (Lipinski definition) is 2. The zero-order chi connectivity index (χ0) is 23.2. The molecule has 2 saturated carbocycles. The van der Waals surface area contributed by atoms with Crippen LogP contribution in [-0.4, -0.2) is 10.2 Å². The minimum absolute atomic E-state index is 0.0373. The van der Waals surface area contributed by atoms with Crippen molar-refractivity contribution in [3.05, 3.63) is 144 Å². The Morgan fingerprint density at radius 3 is 1.06 bits per heavy atom. The molecule has 4 aromatic carbocycles. The molecule has 0 aromatic heterocycles. The van der Waals surface area contributed by atoms with Crippen molar-refractivity contribution >= 4 is 0 Å². The largest absolute Gasteiger partial charge is 0.385 e. The number of aliphatic hydroxyl groups is 2. The monoisotopic (exact) mass is 446 g/mol. The third kappa shape index (κ3) is 3.25. The van der Waals surface area contributed by atoms with Gasteiger partial charge in [-0.05, 0) is 46.9 Å². The summed E-state index contributed by atoms with van der Waals surface area (Å²) < 4.78 is 0. The summed E-state index contributed by atoms with van der Waals surface area (Å²) in [5.74, 6) is -0.161. The van der Waals surface area contributed by atoms with E-state index >= 15 is 0 Å². The fourth-order valence-electron chi connectivity index (χ4n) is 7.08. The Kier molecular flexibility index (Phi) is 5.17. The fraction of sp³-hybridized carbons (Fsp3) is 0.250. The van der Waals surface area contributed by atoms with Gasteiger partial charge in [-0.25, -0.2) is 0 Å². The van der Waals surface area contributed by atoms with Crippen molar-refractivity contribution < 1.29 is 10.2 Å². The van der Waals surface area contributed by atoms with Gasteiger partial charge >= 0.3 is 0 Å². The molecule has 2 aliphatic carbocycles. The Balaban J connectivity index is 1.59. The number of hydrogen-bond acceptors (Lipinski definition) is 2. The predicted octanol–water partition coefficient (Wildman–Crippen LogP) is 6.37. The highest BCUT2D eigenvalue weighted by Gasteiger charge is 2.67. The average molecular weight is 447 g/mol. The van der Waals surface area contributed by atoms with Gasteiger partial charge in [-0.2, -0.15) is 0 Å². The molecule has 2 heteroatoms. The molecule has 0 bridgehead atoms.